The molecule has 0 bridgehead atoms. The van der Waals surface area contributed by atoms with Crippen LogP contribution in [0.25, 0.3) is 0 Å². The normalized spacial score (nSPS) is 26.3. The van der Waals surface area contributed by atoms with Crippen LogP contribution in [0.5, 0.6) is 0 Å². The molecule has 0 aliphatic carbocycles. The third-order valence-electron chi connectivity index (χ3n) is 3.02. The summed E-state index contributed by atoms with van der Waals surface area (Å²) in [5.41, 5.74) is 2.96. The summed E-state index contributed by atoms with van der Waals surface area (Å²) in [6.45, 7) is 4.49. The number of rotatable bonds is 2. The summed E-state index contributed by atoms with van der Waals surface area (Å²) in [5, 5.41) is 0. The minimum absolute atomic E-state index is 0.634. The summed E-state index contributed by atoms with van der Waals surface area (Å²) in [7, 11) is 0. The van der Waals surface area contributed by atoms with Gasteiger partial charge in [0.15, 0.2) is 5.71 Å². The van der Waals surface area contributed by atoms with Crippen LogP contribution in [0.15, 0.2) is 30.3 Å². The van der Waals surface area contributed by atoms with Crippen LogP contribution in [0, 0.1) is 0 Å². The minimum Gasteiger partial charge on any atom is -0.246 e. The van der Waals surface area contributed by atoms with E-state index in [-0.39, 0.29) is 0 Å². The summed E-state index contributed by atoms with van der Waals surface area (Å²) in [6, 6.07) is 11.5. The van der Waals surface area contributed by atoms with E-state index in [4.69, 9.17) is 0 Å². The maximum atomic E-state index is 3.57. The molecule has 0 radical (unpaired) electrons. The lowest BCUT2D eigenvalue weighted by molar-refractivity contribution is -0.489. The van der Waals surface area contributed by atoms with Crippen LogP contribution < -0.4 is 4.99 Å². The second kappa shape index (κ2) is 3.95. The molecule has 2 rings (SSSR count). The smallest absolute Gasteiger partial charge is 0.158 e. The summed E-state index contributed by atoms with van der Waals surface area (Å²) in [5.74, 6) is 0.635. The second-order valence-electron chi connectivity index (χ2n) is 4.12. The van der Waals surface area contributed by atoms with Gasteiger partial charge in [0, 0.05) is 12.8 Å². The number of benzene rings is 1. The number of nitrogens with one attached hydrogen (secondary N) is 1. The molecule has 1 nitrogen and oxygen atoms in total. The van der Waals surface area contributed by atoms with Crippen molar-refractivity contribution in [3.63, 3.8) is 0 Å². The van der Waals surface area contributed by atoms with Crippen molar-refractivity contribution in [1.29, 1.82) is 0 Å². The monoisotopic (exact) mass is 188 g/mol. The molecule has 0 unspecified atom stereocenters. The van der Waals surface area contributed by atoms with Gasteiger partial charge in [-0.1, -0.05) is 37.3 Å². The molecule has 1 aromatic carbocycles. The third-order valence-corrected chi connectivity index (χ3v) is 3.02. The Balaban J connectivity index is 2.25. The van der Waals surface area contributed by atoms with E-state index in [1.165, 1.54) is 17.7 Å². The number of hydrogen-bond acceptors (Lipinski definition) is 0. The van der Waals surface area contributed by atoms with Gasteiger partial charge < -0.3 is 0 Å². The average Bonchev–Trinajstić information content (AvgIpc) is 2.61. The quantitative estimate of drug-likeness (QED) is 0.723. The molecule has 0 amide bonds. The van der Waals surface area contributed by atoms with Crippen LogP contribution in [0.3, 0.4) is 0 Å². The fourth-order valence-corrected chi connectivity index (χ4v) is 2.34. The van der Waals surface area contributed by atoms with Gasteiger partial charge in [0.05, 0.1) is 5.92 Å². The van der Waals surface area contributed by atoms with E-state index in [0.29, 0.717) is 12.0 Å². The maximum absolute atomic E-state index is 3.57. The van der Waals surface area contributed by atoms with Gasteiger partial charge in [-0.05, 0) is 12.5 Å². The Morgan fingerprint density at radius 3 is 2.64 bits per heavy atom. The Labute approximate surface area is 85.9 Å². The van der Waals surface area contributed by atoms with Crippen LogP contribution in [-0.2, 0) is 0 Å². The van der Waals surface area contributed by atoms with Crippen molar-refractivity contribution in [3.05, 3.63) is 35.9 Å². The zero-order valence-corrected chi connectivity index (χ0v) is 8.96. The van der Waals surface area contributed by atoms with Crippen LogP contribution in [-0.4, -0.2) is 11.8 Å². The molecule has 74 valence electrons. The van der Waals surface area contributed by atoms with Crippen molar-refractivity contribution in [2.24, 2.45) is 0 Å². The first-order valence-electron chi connectivity index (χ1n) is 5.48. The van der Waals surface area contributed by atoms with Gasteiger partial charge in [0.1, 0.15) is 6.04 Å². The molecule has 1 aromatic rings. The summed E-state index contributed by atoms with van der Waals surface area (Å²) < 4.78 is 0. The largest absolute Gasteiger partial charge is 0.246 e. The first-order valence-corrected chi connectivity index (χ1v) is 5.48. The molecule has 1 N–H and O–H groups in total. The van der Waals surface area contributed by atoms with E-state index in [0.717, 1.165) is 6.42 Å². The summed E-state index contributed by atoms with van der Waals surface area (Å²) >= 11 is 0. The second-order valence-corrected chi connectivity index (χ2v) is 4.12. The maximum Gasteiger partial charge on any atom is 0.158 e. The van der Waals surface area contributed by atoms with Crippen molar-refractivity contribution < 1.29 is 4.99 Å². The topological polar surface area (TPSA) is 14.0 Å². The van der Waals surface area contributed by atoms with Crippen LogP contribution in [0.4, 0.5) is 0 Å². The van der Waals surface area contributed by atoms with Gasteiger partial charge in [0.25, 0.3) is 0 Å². The van der Waals surface area contributed by atoms with Gasteiger partial charge in [0.2, 0.25) is 0 Å². The van der Waals surface area contributed by atoms with E-state index >= 15 is 0 Å². The van der Waals surface area contributed by atoms with E-state index in [1.807, 2.05) is 0 Å². The molecule has 14 heavy (non-hydrogen) atoms. The first-order chi connectivity index (χ1) is 6.81. The summed E-state index contributed by atoms with van der Waals surface area (Å²) in [4.78, 5) is 3.57. The van der Waals surface area contributed by atoms with E-state index in [1.54, 1.807) is 0 Å². The van der Waals surface area contributed by atoms with E-state index in [9.17, 15) is 0 Å². The highest BCUT2D eigenvalue weighted by Crippen LogP contribution is 2.24. The first kappa shape index (κ1) is 9.45. The molecule has 0 saturated heterocycles. The molecule has 0 saturated carbocycles. The predicted octanol–water partition coefficient (Wildman–Crippen LogP) is 1.49. The van der Waals surface area contributed by atoms with Gasteiger partial charge >= 0.3 is 0 Å². The molecular weight excluding hydrogens is 170 g/mol. The highest BCUT2D eigenvalue weighted by Gasteiger charge is 2.31. The lowest BCUT2D eigenvalue weighted by Gasteiger charge is -2.07. The zero-order valence-electron chi connectivity index (χ0n) is 8.96. The molecule has 1 aliphatic rings. The Hall–Kier alpha value is -1.11. The molecular formula is C13H18N+. The van der Waals surface area contributed by atoms with Crippen molar-refractivity contribution in [1.82, 2.24) is 0 Å². The van der Waals surface area contributed by atoms with E-state index < -0.39 is 0 Å². The lowest BCUT2D eigenvalue weighted by Crippen LogP contribution is -2.75. The third kappa shape index (κ3) is 1.72. The van der Waals surface area contributed by atoms with Crippen LogP contribution in [0.1, 0.15) is 38.2 Å². The zero-order chi connectivity index (χ0) is 9.97. The van der Waals surface area contributed by atoms with Gasteiger partial charge in [-0.15, -0.1) is 0 Å². The van der Waals surface area contributed by atoms with E-state index in [2.05, 4.69) is 49.2 Å². The van der Waals surface area contributed by atoms with Gasteiger partial charge in [-0.2, -0.15) is 0 Å². The minimum atomic E-state index is 0.634. The van der Waals surface area contributed by atoms with Crippen molar-refractivity contribution >= 4 is 5.71 Å². The highest BCUT2D eigenvalue weighted by molar-refractivity contribution is 5.86. The SMILES string of the molecule is CCC1=[NH+][C@H](C)C[C@@H]1c1ccccc1. The average molecular weight is 188 g/mol. The fraction of sp³-hybridized carbons (Fsp3) is 0.462. The molecule has 0 fully saturated rings. The molecule has 0 aromatic heterocycles. The molecule has 1 heteroatoms. The molecule has 2 atom stereocenters. The molecule has 1 aliphatic heterocycles. The summed E-state index contributed by atoms with van der Waals surface area (Å²) in [6.07, 6.45) is 2.39. The fourth-order valence-electron chi connectivity index (χ4n) is 2.34. The predicted molar refractivity (Wildman–Crippen MR) is 59.5 cm³/mol. The molecule has 0 spiro atoms. The lowest BCUT2D eigenvalue weighted by atomic mass is 9.90. The Morgan fingerprint density at radius 2 is 2.00 bits per heavy atom. The van der Waals surface area contributed by atoms with Crippen molar-refractivity contribution in [3.8, 4) is 0 Å². The van der Waals surface area contributed by atoms with Crippen LogP contribution in [0.2, 0.25) is 0 Å². The van der Waals surface area contributed by atoms with Crippen molar-refractivity contribution in [2.75, 3.05) is 0 Å². The Morgan fingerprint density at radius 1 is 1.29 bits per heavy atom. The van der Waals surface area contributed by atoms with Gasteiger partial charge in [-0.25, -0.2) is 4.99 Å². The number of hydrogen-bond donors (Lipinski definition) is 1. The Kier molecular flexibility index (Phi) is 2.67. The highest BCUT2D eigenvalue weighted by atomic mass is 14.8. The van der Waals surface area contributed by atoms with Gasteiger partial charge in [-0.3, -0.25) is 0 Å². The molecule has 1 heterocycles. The van der Waals surface area contributed by atoms with Crippen molar-refractivity contribution in [2.45, 2.75) is 38.6 Å². The standard InChI is InChI=1S/C13H17N/c1-3-13-12(9-10(2)14-13)11-7-5-4-6-8-11/h4-8,10,12H,3,9H2,1-2H3/p+1/t10-,12-/m1/s1. The van der Waals surface area contributed by atoms with Crippen LogP contribution >= 0.6 is 0 Å². The Bertz CT molecular complexity index is 326.